The average molecular weight is 314 g/mol. The summed E-state index contributed by atoms with van der Waals surface area (Å²) >= 11 is 2.04. The van der Waals surface area contributed by atoms with Crippen LogP contribution in [0.1, 0.15) is 34.1 Å². The number of carbonyl (C=O) groups is 1. The van der Waals surface area contributed by atoms with Crippen molar-refractivity contribution in [3.05, 3.63) is 0 Å². The van der Waals surface area contributed by atoms with Gasteiger partial charge in [0.05, 0.1) is 12.2 Å². The topological polar surface area (TPSA) is 35.6 Å². The highest BCUT2D eigenvalue weighted by Crippen LogP contribution is 2.21. The van der Waals surface area contributed by atoms with Crippen molar-refractivity contribution in [2.75, 3.05) is 37.7 Å². The number of carbonyl (C=O) groups excluding carboxylic acids is 1. The molecular formula is C16H31N3OS. The summed E-state index contributed by atoms with van der Waals surface area (Å²) in [7, 11) is 0. The van der Waals surface area contributed by atoms with Gasteiger partial charge in [-0.15, -0.1) is 0 Å². The molecule has 0 aliphatic carbocycles. The fourth-order valence-corrected chi connectivity index (χ4v) is 4.20. The van der Waals surface area contributed by atoms with Gasteiger partial charge in [0.15, 0.2) is 0 Å². The molecule has 2 heterocycles. The Labute approximate surface area is 134 Å². The van der Waals surface area contributed by atoms with Crippen LogP contribution in [-0.4, -0.2) is 65.6 Å². The van der Waals surface area contributed by atoms with E-state index in [2.05, 4.69) is 42.8 Å². The zero-order valence-corrected chi connectivity index (χ0v) is 14.8. The van der Waals surface area contributed by atoms with Gasteiger partial charge < -0.3 is 4.90 Å². The first-order valence-electron chi connectivity index (χ1n) is 8.35. The molecule has 0 aromatic rings. The molecule has 4 nitrogen and oxygen atoms in total. The van der Waals surface area contributed by atoms with Crippen molar-refractivity contribution in [2.45, 2.75) is 46.3 Å². The van der Waals surface area contributed by atoms with Gasteiger partial charge in [0.25, 0.3) is 0 Å². The van der Waals surface area contributed by atoms with E-state index in [4.69, 9.17) is 0 Å². The largest absolute Gasteiger partial charge is 0.324 e. The number of nitrogens with one attached hydrogen (secondary N) is 1. The highest BCUT2D eigenvalue weighted by molar-refractivity contribution is 7.99. The fraction of sp³-hybridized carbons (Fsp3) is 0.938. The molecule has 2 atom stereocenters. The monoisotopic (exact) mass is 313 g/mol. The molecule has 0 saturated carbocycles. The third-order valence-corrected chi connectivity index (χ3v) is 5.33. The fourth-order valence-electron chi connectivity index (χ4n) is 3.22. The Morgan fingerprint density at radius 3 is 2.43 bits per heavy atom. The van der Waals surface area contributed by atoms with Crippen molar-refractivity contribution in [2.24, 2.45) is 11.8 Å². The molecule has 0 spiro atoms. The summed E-state index contributed by atoms with van der Waals surface area (Å²) < 4.78 is 0. The second-order valence-electron chi connectivity index (χ2n) is 7.02. The van der Waals surface area contributed by atoms with Gasteiger partial charge in [0.1, 0.15) is 0 Å². The lowest BCUT2D eigenvalue weighted by molar-refractivity contribution is -0.131. The Morgan fingerprint density at radius 1 is 1.19 bits per heavy atom. The zero-order chi connectivity index (χ0) is 15.4. The molecule has 0 aromatic heterocycles. The van der Waals surface area contributed by atoms with E-state index in [1.165, 1.54) is 24.6 Å². The van der Waals surface area contributed by atoms with Crippen LogP contribution in [0.4, 0.5) is 0 Å². The maximum Gasteiger partial charge on any atom is 0.241 e. The van der Waals surface area contributed by atoms with Crippen molar-refractivity contribution in [3.63, 3.8) is 0 Å². The summed E-state index contributed by atoms with van der Waals surface area (Å²) in [5, 5.41) is 3.56. The quantitative estimate of drug-likeness (QED) is 0.812. The molecule has 2 saturated heterocycles. The third-order valence-electron chi connectivity index (χ3n) is 4.39. The minimum atomic E-state index is 0.0225. The minimum absolute atomic E-state index is 0.0225. The number of hydrogen-bond acceptors (Lipinski definition) is 4. The van der Waals surface area contributed by atoms with E-state index in [0.29, 0.717) is 17.7 Å². The van der Waals surface area contributed by atoms with E-state index in [0.717, 1.165) is 19.5 Å². The van der Waals surface area contributed by atoms with E-state index in [1.54, 1.807) is 0 Å². The molecule has 21 heavy (non-hydrogen) atoms. The highest BCUT2D eigenvalue weighted by Gasteiger charge is 2.40. The van der Waals surface area contributed by atoms with Gasteiger partial charge in [-0.25, -0.2) is 0 Å². The van der Waals surface area contributed by atoms with Crippen molar-refractivity contribution in [1.82, 2.24) is 15.1 Å². The number of thioether (sulfide) groups is 1. The first-order valence-corrected chi connectivity index (χ1v) is 9.51. The molecule has 2 rings (SSSR count). The number of rotatable bonds is 6. The minimum Gasteiger partial charge on any atom is -0.324 e. The molecular weight excluding hydrogens is 282 g/mol. The van der Waals surface area contributed by atoms with Gasteiger partial charge in [-0.1, -0.05) is 27.7 Å². The molecule has 2 aliphatic rings. The van der Waals surface area contributed by atoms with Crippen LogP contribution in [-0.2, 0) is 4.79 Å². The Kier molecular flexibility index (Phi) is 6.38. The molecule has 122 valence electrons. The van der Waals surface area contributed by atoms with E-state index >= 15 is 0 Å². The van der Waals surface area contributed by atoms with Crippen molar-refractivity contribution >= 4 is 17.7 Å². The van der Waals surface area contributed by atoms with Crippen molar-refractivity contribution in [3.8, 4) is 0 Å². The molecule has 1 amide bonds. The van der Waals surface area contributed by atoms with Gasteiger partial charge >= 0.3 is 0 Å². The van der Waals surface area contributed by atoms with Crippen molar-refractivity contribution in [1.29, 1.82) is 0 Å². The van der Waals surface area contributed by atoms with Gasteiger partial charge in [-0.05, 0) is 18.3 Å². The maximum atomic E-state index is 12.7. The average Bonchev–Trinajstić information content (AvgIpc) is 2.74. The molecule has 1 N–H and O–H groups in total. The predicted molar refractivity (Wildman–Crippen MR) is 90.5 cm³/mol. The number of amides is 1. The van der Waals surface area contributed by atoms with Gasteiger partial charge in [0.2, 0.25) is 5.91 Å². The summed E-state index contributed by atoms with van der Waals surface area (Å²) in [5.41, 5.74) is 0. The lowest BCUT2D eigenvalue weighted by atomic mass is 10.0. The second-order valence-corrected chi connectivity index (χ2v) is 8.25. The van der Waals surface area contributed by atoms with Crippen LogP contribution in [0.2, 0.25) is 0 Å². The maximum absolute atomic E-state index is 12.7. The summed E-state index contributed by atoms with van der Waals surface area (Å²) in [4.78, 5) is 17.3. The predicted octanol–water partition coefficient (Wildman–Crippen LogP) is 1.86. The Morgan fingerprint density at radius 2 is 1.86 bits per heavy atom. The zero-order valence-electron chi connectivity index (χ0n) is 14.0. The SMILES string of the molecule is CC(C)CC1NC(C(C)C)N(CCN2CCSCC2)C1=O. The smallest absolute Gasteiger partial charge is 0.241 e. The lowest BCUT2D eigenvalue weighted by Gasteiger charge is -2.31. The molecule has 2 unspecified atom stereocenters. The number of hydrogen-bond donors (Lipinski definition) is 1. The Balaban J connectivity index is 1.92. The van der Waals surface area contributed by atoms with E-state index in [9.17, 15) is 4.79 Å². The summed E-state index contributed by atoms with van der Waals surface area (Å²) in [6.45, 7) is 13.0. The van der Waals surface area contributed by atoms with Crippen molar-refractivity contribution < 1.29 is 4.79 Å². The van der Waals surface area contributed by atoms with Crippen LogP contribution in [0.5, 0.6) is 0 Å². The first kappa shape index (κ1) is 17.1. The van der Waals surface area contributed by atoms with Crippen LogP contribution < -0.4 is 5.32 Å². The Bertz CT molecular complexity index is 342. The van der Waals surface area contributed by atoms with Gasteiger partial charge in [-0.3, -0.25) is 15.0 Å². The van der Waals surface area contributed by atoms with Gasteiger partial charge in [-0.2, -0.15) is 11.8 Å². The van der Waals surface area contributed by atoms with Crippen LogP contribution in [0, 0.1) is 11.8 Å². The second kappa shape index (κ2) is 7.84. The third kappa shape index (κ3) is 4.60. The first-order chi connectivity index (χ1) is 9.99. The summed E-state index contributed by atoms with van der Waals surface area (Å²) in [6.07, 6.45) is 1.15. The molecule has 2 fully saturated rings. The molecule has 5 heteroatoms. The summed E-state index contributed by atoms with van der Waals surface area (Å²) in [5.74, 6) is 3.79. The van der Waals surface area contributed by atoms with E-state index in [1.807, 2.05) is 11.8 Å². The summed E-state index contributed by atoms with van der Waals surface area (Å²) in [6, 6.07) is 0.0225. The molecule has 0 aromatic carbocycles. The van der Waals surface area contributed by atoms with E-state index < -0.39 is 0 Å². The lowest BCUT2D eigenvalue weighted by Crippen LogP contribution is -2.46. The standard InChI is InChI=1S/C16H31N3OS/c1-12(2)11-14-16(20)19(15(17-14)13(3)4)6-5-18-7-9-21-10-8-18/h12-15,17H,5-11H2,1-4H3. The molecule has 0 radical (unpaired) electrons. The van der Waals surface area contributed by atoms with Crippen LogP contribution in [0.3, 0.4) is 0 Å². The Hall–Kier alpha value is -0.260. The van der Waals surface area contributed by atoms with Gasteiger partial charge in [0, 0.05) is 37.7 Å². The van der Waals surface area contributed by atoms with Crippen LogP contribution >= 0.6 is 11.8 Å². The highest BCUT2D eigenvalue weighted by atomic mass is 32.2. The normalized spacial score (nSPS) is 28.1. The van der Waals surface area contributed by atoms with Crippen LogP contribution in [0.15, 0.2) is 0 Å². The molecule has 2 aliphatic heterocycles. The van der Waals surface area contributed by atoms with Crippen LogP contribution in [0.25, 0.3) is 0 Å². The number of nitrogens with zero attached hydrogens (tertiary/aromatic N) is 2. The van der Waals surface area contributed by atoms with E-state index in [-0.39, 0.29) is 12.2 Å². The molecule has 0 bridgehead atoms.